The van der Waals surface area contributed by atoms with Crippen LogP contribution in [-0.4, -0.2) is 14.5 Å². The van der Waals surface area contributed by atoms with E-state index in [4.69, 9.17) is 5.73 Å². The third-order valence-electron chi connectivity index (χ3n) is 3.29. The fourth-order valence-corrected chi connectivity index (χ4v) is 3.86. The van der Waals surface area contributed by atoms with Crippen LogP contribution in [0.5, 0.6) is 0 Å². The zero-order valence-corrected chi connectivity index (χ0v) is 12.6. The van der Waals surface area contributed by atoms with Gasteiger partial charge in [-0.1, -0.05) is 6.92 Å². The van der Waals surface area contributed by atoms with Crippen LogP contribution in [0.25, 0.3) is 0 Å². The molecule has 0 spiro atoms. The summed E-state index contributed by atoms with van der Waals surface area (Å²) in [6.07, 6.45) is 2.90. The molecule has 1 aliphatic rings. The van der Waals surface area contributed by atoms with Crippen molar-refractivity contribution >= 4 is 31.6 Å². The molecule has 100 valence electrons. The number of rotatable bonds is 3. The van der Waals surface area contributed by atoms with Crippen LogP contribution in [0.15, 0.2) is 27.6 Å². The van der Waals surface area contributed by atoms with Gasteiger partial charge >= 0.3 is 0 Å². The van der Waals surface area contributed by atoms with Gasteiger partial charge in [-0.2, -0.15) is 0 Å². The lowest BCUT2D eigenvalue weighted by molar-refractivity contribution is 0.538. The Morgan fingerprint density at radius 1 is 1.39 bits per heavy atom. The number of nitrogens with one attached hydrogen (secondary N) is 1. The molecule has 1 saturated carbocycles. The minimum atomic E-state index is -3.46. The first-order chi connectivity index (χ1) is 8.38. The van der Waals surface area contributed by atoms with Gasteiger partial charge in [0.25, 0.3) is 0 Å². The lowest BCUT2D eigenvalue weighted by Crippen LogP contribution is -2.33. The maximum atomic E-state index is 12.2. The maximum Gasteiger partial charge on any atom is 0.240 e. The Hall–Kier alpha value is -0.590. The summed E-state index contributed by atoms with van der Waals surface area (Å²) in [4.78, 5) is 0.225. The lowest BCUT2D eigenvalue weighted by Gasteiger charge is -2.13. The minimum Gasteiger partial charge on any atom is -0.398 e. The summed E-state index contributed by atoms with van der Waals surface area (Å²) >= 11 is 3.25. The second-order valence-electron chi connectivity index (χ2n) is 4.92. The van der Waals surface area contributed by atoms with Crippen molar-refractivity contribution < 1.29 is 8.42 Å². The summed E-state index contributed by atoms with van der Waals surface area (Å²) in [7, 11) is -3.46. The molecule has 0 amide bonds. The first-order valence-corrected chi connectivity index (χ1v) is 8.23. The van der Waals surface area contributed by atoms with E-state index in [0.717, 1.165) is 19.3 Å². The van der Waals surface area contributed by atoms with Crippen molar-refractivity contribution in [2.24, 2.45) is 5.92 Å². The van der Waals surface area contributed by atoms with Crippen molar-refractivity contribution in [2.45, 2.75) is 37.1 Å². The normalized spacial score (nSPS) is 24.3. The van der Waals surface area contributed by atoms with E-state index in [1.807, 2.05) is 0 Å². The van der Waals surface area contributed by atoms with Crippen LogP contribution < -0.4 is 10.5 Å². The van der Waals surface area contributed by atoms with Gasteiger partial charge in [-0.05, 0) is 59.3 Å². The number of halogens is 1. The third kappa shape index (κ3) is 3.05. The van der Waals surface area contributed by atoms with Crippen LogP contribution in [0.4, 0.5) is 5.69 Å². The summed E-state index contributed by atoms with van der Waals surface area (Å²) in [6.45, 7) is 2.14. The first kappa shape index (κ1) is 13.8. The Morgan fingerprint density at radius 3 is 2.67 bits per heavy atom. The molecule has 2 unspecified atom stereocenters. The van der Waals surface area contributed by atoms with Crippen molar-refractivity contribution in [1.82, 2.24) is 4.72 Å². The highest BCUT2D eigenvalue weighted by molar-refractivity contribution is 9.10. The molecule has 0 aromatic heterocycles. The van der Waals surface area contributed by atoms with Gasteiger partial charge in [0.15, 0.2) is 0 Å². The molecular formula is C12H17BrN2O2S. The fourth-order valence-electron chi connectivity index (χ4n) is 2.29. The van der Waals surface area contributed by atoms with Crippen molar-refractivity contribution in [3.8, 4) is 0 Å². The zero-order chi connectivity index (χ0) is 13.3. The number of anilines is 1. The van der Waals surface area contributed by atoms with Crippen molar-refractivity contribution in [1.29, 1.82) is 0 Å². The SMILES string of the molecule is CC1CCC(NS(=O)(=O)c2ccc(Br)c(N)c2)C1. The molecule has 0 radical (unpaired) electrons. The number of hydrogen-bond donors (Lipinski definition) is 2. The molecule has 18 heavy (non-hydrogen) atoms. The molecule has 2 rings (SSSR count). The minimum absolute atomic E-state index is 0.0508. The van der Waals surface area contributed by atoms with Gasteiger partial charge < -0.3 is 5.73 Å². The Kier molecular flexibility index (Phi) is 3.99. The Morgan fingerprint density at radius 2 is 2.11 bits per heavy atom. The van der Waals surface area contributed by atoms with Crippen LogP contribution in [0.1, 0.15) is 26.2 Å². The molecule has 1 aromatic carbocycles. The van der Waals surface area contributed by atoms with E-state index in [1.165, 1.54) is 6.07 Å². The summed E-state index contributed by atoms with van der Waals surface area (Å²) in [5.41, 5.74) is 6.14. The van der Waals surface area contributed by atoms with E-state index in [1.54, 1.807) is 12.1 Å². The molecule has 1 fully saturated rings. The number of nitrogen functional groups attached to an aromatic ring is 1. The van der Waals surface area contributed by atoms with Crippen molar-refractivity contribution in [2.75, 3.05) is 5.73 Å². The first-order valence-electron chi connectivity index (χ1n) is 5.96. The molecule has 6 heteroatoms. The monoisotopic (exact) mass is 332 g/mol. The predicted molar refractivity (Wildman–Crippen MR) is 75.7 cm³/mol. The molecule has 1 aliphatic carbocycles. The Bertz CT molecular complexity index is 545. The lowest BCUT2D eigenvalue weighted by atomic mass is 10.1. The smallest absolute Gasteiger partial charge is 0.240 e. The van der Waals surface area contributed by atoms with Crippen LogP contribution in [0.2, 0.25) is 0 Å². The molecule has 0 bridgehead atoms. The van der Waals surface area contributed by atoms with Crippen molar-refractivity contribution in [3.63, 3.8) is 0 Å². The fraction of sp³-hybridized carbons (Fsp3) is 0.500. The molecule has 3 N–H and O–H groups in total. The zero-order valence-electron chi connectivity index (χ0n) is 10.2. The number of sulfonamides is 1. The third-order valence-corrected chi connectivity index (χ3v) is 5.53. The highest BCUT2D eigenvalue weighted by Crippen LogP contribution is 2.27. The second-order valence-corrected chi connectivity index (χ2v) is 7.49. The van der Waals surface area contributed by atoms with Gasteiger partial charge in [0.05, 0.1) is 4.90 Å². The average molecular weight is 333 g/mol. The Labute approximate surface area is 116 Å². The van der Waals surface area contributed by atoms with Gasteiger partial charge in [-0.3, -0.25) is 0 Å². The van der Waals surface area contributed by atoms with E-state index in [9.17, 15) is 8.42 Å². The molecule has 0 saturated heterocycles. The van der Waals surface area contributed by atoms with Crippen LogP contribution in [0.3, 0.4) is 0 Å². The summed E-state index contributed by atoms with van der Waals surface area (Å²) in [5, 5.41) is 0. The molecule has 0 heterocycles. The maximum absolute atomic E-state index is 12.2. The highest BCUT2D eigenvalue weighted by atomic mass is 79.9. The average Bonchev–Trinajstić information content (AvgIpc) is 2.67. The van der Waals surface area contributed by atoms with E-state index in [0.29, 0.717) is 16.1 Å². The summed E-state index contributed by atoms with van der Waals surface area (Å²) < 4.78 is 27.8. The highest BCUT2D eigenvalue weighted by Gasteiger charge is 2.26. The largest absolute Gasteiger partial charge is 0.398 e. The molecule has 4 nitrogen and oxygen atoms in total. The van der Waals surface area contributed by atoms with Crippen LogP contribution >= 0.6 is 15.9 Å². The molecule has 0 aliphatic heterocycles. The van der Waals surface area contributed by atoms with Gasteiger partial charge in [0, 0.05) is 16.2 Å². The van der Waals surface area contributed by atoms with Gasteiger partial charge in [-0.25, -0.2) is 13.1 Å². The Balaban J connectivity index is 2.17. The number of hydrogen-bond acceptors (Lipinski definition) is 3. The van der Waals surface area contributed by atoms with Crippen molar-refractivity contribution in [3.05, 3.63) is 22.7 Å². The van der Waals surface area contributed by atoms with Gasteiger partial charge in [0.2, 0.25) is 10.0 Å². The molecule has 1 aromatic rings. The molecule has 2 atom stereocenters. The van der Waals surface area contributed by atoms with Crippen LogP contribution in [-0.2, 0) is 10.0 Å². The van der Waals surface area contributed by atoms with Gasteiger partial charge in [0.1, 0.15) is 0 Å². The predicted octanol–water partition coefficient (Wildman–Crippen LogP) is 2.50. The van der Waals surface area contributed by atoms with E-state index >= 15 is 0 Å². The number of benzene rings is 1. The number of nitrogens with two attached hydrogens (primary N) is 1. The van der Waals surface area contributed by atoms with E-state index in [-0.39, 0.29) is 10.9 Å². The summed E-state index contributed by atoms with van der Waals surface area (Å²) in [6, 6.07) is 4.74. The topological polar surface area (TPSA) is 72.2 Å². The quantitative estimate of drug-likeness (QED) is 0.835. The molecular weight excluding hydrogens is 316 g/mol. The van der Waals surface area contributed by atoms with Gasteiger partial charge in [-0.15, -0.1) is 0 Å². The van der Waals surface area contributed by atoms with Crippen LogP contribution in [0, 0.1) is 5.92 Å². The summed E-state index contributed by atoms with van der Waals surface area (Å²) in [5.74, 6) is 0.590. The second kappa shape index (κ2) is 5.19. The van der Waals surface area contributed by atoms with E-state index < -0.39 is 10.0 Å². The standard InChI is InChI=1S/C12H17BrN2O2S/c1-8-2-3-9(6-8)15-18(16,17)10-4-5-11(13)12(14)7-10/h4-5,7-9,15H,2-3,6,14H2,1H3. The van der Waals surface area contributed by atoms with E-state index in [2.05, 4.69) is 27.6 Å².